The van der Waals surface area contributed by atoms with Crippen LogP contribution < -0.4 is 5.32 Å². The highest BCUT2D eigenvalue weighted by Crippen LogP contribution is 2.24. The van der Waals surface area contributed by atoms with Gasteiger partial charge in [-0.1, -0.05) is 0 Å². The van der Waals surface area contributed by atoms with Gasteiger partial charge in [0.05, 0.1) is 18.0 Å². The van der Waals surface area contributed by atoms with Crippen molar-refractivity contribution < 1.29 is 19.1 Å². The van der Waals surface area contributed by atoms with E-state index in [2.05, 4.69) is 5.32 Å². The zero-order chi connectivity index (χ0) is 16.3. The molecule has 0 aliphatic carbocycles. The Morgan fingerprint density at radius 1 is 1.41 bits per heavy atom. The molecule has 2 heterocycles. The average Bonchev–Trinajstić information content (AvgIpc) is 3.08. The van der Waals surface area contributed by atoms with Crippen LogP contribution in [0.15, 0.2) is 0 Å². The van der Waals surface area contributed by atoms with Gasteiger partial charge in [-0.25, -0.2) is 4.79 Å². The fraction of sp³-hybridized carbons (Fsp3) is 0.867. The Bertz CT molecular complexity index is 418. The lowest BCUT2D eigenvalue weighted by atomic mass is 10.1. The molecule has 0 radical (unpaired) electrons. The lowest BCUT2D eigenvalue weighted by molar-refractivity contribution is -0.126. The minimum Gasteiger partial charge on any atom is -0.444 e. The summed E-state index contributed by atoms with van der Waals surface area (Å²) in [5, 5.41) is 2.98. The van der Waals surface area contributed by atoms with Crippen molar-refractivity contribution >= 4 is 23.8 Å². The Kier molecular flexibility index (Phi) is 5.60. The van der Waals surface area contributed by atoms with Gasteiger partial charge in [0.1, 0.15) is 11.6 Å². The third-order valence-electron chi connectivity index (χ3n) is 3.71. The molecule has 3 atom stereocenters. The molecule has 0 aromatic carbocycles. The number of carbonyl (C=O) groups is 2. The maximum Gasteiger partial charge on any atom is 0.411 e. The van der Waals surface area contributed by atoms with Crippen LogP contribution in [0.2, 0.25) is 0 Å². The smallest absolute Gasteiger partial charge is 0.411 e. The number of hydrogen-bond donors (Lipinski definition) is 1. The summed E-state index contributed by atoms with van der Waals surface area (Å²) in [6.07, 6.45) is 1.65. The maximum absolute atomic E-state index is 12.5. The highest BCUT2D eigenvalue weighted by atomic mass is 32.2. The van der Waals surface area contributed by atoms with Crippen LogP contribution in [0.3, 0.4) is 0 Å². The summed E-state index contributed by atoms with van der Waals surface area (Å²) >= 11 is 1.57. The first-order valence-electron chi connectivity index (χ1n) is 7.77. The summed E-state index contributed by atoms with van der Waals surface area (Å²) in [5.74, 6) is 0.962. The molecular weight excluding hydrogens is 304 g/mol. The molecular formula is C15H26N2O4S. The SMILES string of the molecule is C[C@H](NC(=O)[C@H]1CSCN1C(=O)OC(C)(C)C)[C@@H]1CCCO1. The summed E-state index contributed by atoms with van der Waals surface area (Å²) in [6, 6.07) is -0.509. The molecule has 22 heavy (non-hydrogen) atoms. The Morgan fingerprint density at radius 3 is 2.73 bits per heavy atom. The normalized spacial score (nSPS) is 26.8. The van der Waals surface area contributed by atoms with Crippen molar-refractivity contribution in [3.05, 3.63) is 0 Å². The third kappa shape index (κ3) is 4.52. The van der Waals surface area contributed by atoms with Gasteiger partial charge in [0.15, 0.2) is 0 Å². The molecule has 7 heteroatoms. The van der Waals surface area contributed by atoms with Crippen molar-refractivity contribution in [2.45, 2.75) is 64.3 Å². The fourth-order valence-corrected chi connectivity index (χ4v) is 3.71. The fourth-order valence-electron chi connectivity index (χ4n) is 2.57. The van der Waals surface area contributed by atoms with Crippen LogP contribution in [0, 0.1) is 0 Å². The Hall–Kier alpha value is -0.950. The predicted octanol–water partition coefficient (Wildman–Crippen LogP) is 1.98. The van der Waals surface area contributed by atoms with Crippen molar-refractivity contribution in [1.29, 1.82) is 0 Å². The molecule has 2 aliphatic rings. The predicted molar refractivity (Wildman–Crippen MR) is 85.8 cm³/mol. The number of nitrogens with zero attached hydrogens (tertiary/aromatic N) is 1. The van der Waals surface area contributed by atoms with Gasteiger partial charge >= 0.3 is 6.09 Å². The first-order valence-corrected chi connectivity index (χ1v) is 8.93. The molecule has 0 spiro atoms. The number of carbonyl (C=O) groups excluding carboxylic acids is 2. The summed E-state index contributed by atoms with van der Waals surface area (Å²) in [5.41, 5.74) is -0.559. The lowest BCUT2D eigenvalue weighted by Gasteiger charge is -2.28. The van der Waals surface area contributed by atoms with Crippen LogP contribution >= 0.6 is 11.8 Å². The van der Waals surface area contributed by atoms with Crippen LogP contribution in [0.4, 0.5) is 4.79 Å². The molecule has 2 saturated heterocycles. The van der Waals surface area contributed by atoms with Gasteiger partial charge in [0.2, 0.25) is 5.91 Å². The van der Waals surface area contributed by atoms with Gasteiger partial charge in [-0.2, -0.15) is 0 Å². The first kappa shape index (κ1) is 17.4. The van der Waals surface area contributed by atoms with Gasteiger partial charge in [-0.15, -0.1) is 11.8 Å². The van der Waals surface area contributed by atoms with E-state index in [1.165, 1.54) is 4.90 Å². The minimum absolute atomic E-state index is 0.0407. The Morgan fingerprint density at radius 2 is 2.14 bits per heavy atom. The quantitative estimate of drug-likeness (QED) is 0.857. The van der Waals surface area contributed by atoms with Crippen LogP contribution in [-0.2, 0) is 14.3 Å². The topological polar surface area (TPSA) is 67.9 Å². The summed E-state index contributed by atoms with van der Waals surface area (Å²) < 4.78 is 11.0. The molecule has 2 amide bonds. The second kappa shape index (κ2) is 7.08. The number of nitrogens with one attached hydrogen (secondary N) is 1. The van der Waals surface area contributed by atoms with E-state index in [1.807, 2.05) is 27.7 Å². The van der Waals surface area contributed by atoms with E-state index in [4.69, 9.17) is 9.47 Å². The molecule has 2 aliphatic heterocycles. The molecule has 2 rings (SSSR count). The van der Waals surface area contributed by atoms with Gasteiger partial charge in [-0.05, 0) is 40.5 Å². The minimum atomic E-state index is -0.559. The van der Waals surface area contributed by atoms with E-state index < -0.39 is 17.7 Å². The summed E-state index contributed by atoms with van der Waals surface area (Å²) in [7, 11) is 0. The number of thioether (sulfide) groups is 1. The number of hydrogen-bond acceptors (Lipinski definition) is 5. The highest BCUT2D eigenvalue weighted by Gasteiger charge is 2.38. The lowest BCUT2D eigenvalue weighted by Crippen LogP contribution is -2.52. The molecule has 1 N–H and O–H groups in total. The molecule has 0 aromatic rings. The van der Waals surface area contributed by atoms with Crippen molar-refractivity contribution in [3.8, 4) is 0 Å². The summed E-state index contributed by atoms with van der Waals surface area (Å²) in [6.45, 7) is 8.18. The van der Waals surface area contributed by atoms with Crippen LogP contribution in [-0.4, -0.2) is 58.9 Å². The Labute approximate surface area is 136 Å². The van der Waals surface area contributed by atoms with Gasteiger partial charge in [0.25, 0.3) is 0 Å². The van der Waals surface area contributed by atoms with Gasteiger partial charge in [-0.3, -0.25) is 9.69 Å². The van der Waals surface area contributed by atoms with Crippen molar-refractivity contribution in [2.75, 3.05) is 18.2 Å². The molecule has 126 valence electrons. The highest BCUT2D eigenvalue weighted by molar-refractivity contribution is 7.99. The molecule has 2 fully saturated rings. The van der Waals surface area contributed by atoms with Gasteiger partial charge in [0, 0.05) is 12.4 Å². The Balaban J connectivity index is 1.91. The van der Waals surface area contributed by atoms with E-state index in [9.17, 15) is 9.59 Å². The number of amides is 2. The van der Waals surface area contributed by atoms with E-state index in [-0.39, 0.29) is 18.1 Å². The second-order valence-electron chi connectivity index (χ2n) is 6.81. The molecule has 6 nitrogen and oxygen atoms in total. The molecule has 0 bridgehead atoms. The monoisotopic (exact) mass is 330 g/mol. The van der Waals surface area contributed by atoms with Crippen LogP contribution in [0.25, 0.3) is 0 Å². The second-order valence-corrected chi connectivity index (χ2v) is 7.81. The van der Waals surface area contributed by atoms with Crippen LogP contribution in [0.1, 0.15) is 40.5 Å². The average molecular weight is 330 g/mol. The van der Waals surface area contributed by atoms with Crippen molar-refractivity contribution in [3.63, 3.8) is 0 Å². The van der Waals surface area contributed by atoms with E-state index in [0.717, 1.165) is 19.4 Å². The van der Waals surface area contributed by atoms with E-state index >= 15 is 0 Å². The van der Waals surface area contributed by atoms with Crippen LogP contribution in [0.5, 0.6) is 0 Å². The van der Waals surface area contributed by atoms with E-state index in [1.54, 1.807) is 11.8 Å². The van der Waals surface area contributed by atoms with Crippen molar-refractivity contribution in [2.24, 2.45) is 0 Å². The molecule has 0 unspecified atom stereocenters. The zero-order valence-electron chi connectivity index (χ0n) is 13.8. The first-order chi connectivity index (χ1) is 10.3. The molecule has 0 saturated carbocycles. The van der Waals surface area contributed by atoms with E-state index in [0.29, 0.717) is 11.6 Å². The maximum atomic E-state index is 12.5. The largest absolute Gasteiger partial charge is 0.444 e. The zero-order valence-corrected chi connectivity index (χ0v) is 14.6. The van der Waals surface area contributed by atoms with Gasteiger partial charge < -0.3 is 14.8 Å². The third-order valence-corrected chi connectivity index (χ3v) is 4.72. The van der Waals surface area contributed by atoms with Crippen molar-refractivity contribution in [1.82, 2.24) is 10.2 Å². The summed E-state index contributed by atoms with van der Waals surface area (Å²) in [4.78, 5) is 26.2. The number of rotatable bonds is 3. The number of ether oxygens (including phenoxy) is 2. The molecule has 0 aromatic heterocycles. The standard InChI is InChI=1S/C15H26N2O4S/c1-10(12-6-5-7-20-12)16-13(18)11-8-22-9-17(11)14(19)21-15(2,3)4/h10-12H,5-9H2,1-4H3,(H,16,18)/t10-,11+,12-/m0/s1.